The van der Waals surface area contributed by atoms with Crippen molar-refractivity contribution in [3.8, 4) is 0 Å². The predicted octanol–water partition coefficient (Wildman–Crippen LogP) is 2.62. The largest absolute Gasteiger partial charge is 0.399 e. The smallest absolute Gasteiger partial charge is 0.0960 e. The van der Waals surface area contributed by atoms with Crippen LogP contribution in [-0.4, -0.2) is 10.1 Å². The van der Waals surface area contributed by atoms with E-state index >= 15 is 0 Å². The van der Waals surface area contributed by atoms with Crippen LogP contribution in [0.3, 0.4) is 0 Å². The van der Waals surface area contributed by atoms with E-state index in [9.17, 15) is 5.11 Å². The third-order valence-electron chi connectivity index (χ3n) is 2.74. The Bertz CT molecular complexity index is 502. The van der Waals surface area contributed by atoms with E-state index in [-0.39, 0.29) is 0 Å². The standard InChI is InChI=1S/C13H16N2OS/c1-8-9(2)17-13(15-8)7-12(16)10-4-3-5-11(14)6-10/h3-6,12,16H,7,14H2,1-2H3. The van der Waals surface area contributed by atoms with Crippen LogP contribution >= 0.6 is 11.3 Å². The number of hydrogen-bond donors (Lipinski definition) is 2. The van der Waals surface area contributed by atoms with E-state index in [1.165, 1.54) is 4.88 Å². The summed E-state index contributed by atoms with van der Waals surface area (Å²) in [4.78, 5) is 5.63. The maximum absolute atomic E-state index is 10.1. The minimum atomic E-state index is -0.538. The lowest BCUT2D eigenvalue weighted by Crippen LogP contribution is -2.02. The number of aromatic nitrogens is 1. The molecule has 3 nitrogen and oxygen atoms in total. The van der Waals surface area contributed by atoms with Gasteiger partial charge in [-0.15, -0.1) is 11.3 Å². The van der Waals surface area contributed by atoms with Crippen molar-refractivity contribution in [1.29, 1.82) is 0 Å². The summed E-state index contributed by atoms with van der Waals surface area (Å²) in [5, 5.41) is 11.1. The van der Waals surface area contributed by atoms with Gasteiger partial charge in [-0.1, -0.05) is 12.1 Å². The zero-order chi connectivity index (χ0) is 12.4. The van der Waals surface area contributed by atoms with Gasteiger partial charge in [-0.25, -0.2) is 4.98 Å². The van der Waals surface area contributed by atoms with E-state index in [1.54, 1.807) is 17.4 Å². The quantitative estimate of drug-likeness (QED) is 0.821. The molecule has 4 heteroatoms. The van der Waals surface area contributed by atoms with Gasteiger partial charge in [0.05, 0.1) is 16.8 Å². The van der Waals surface area contributed by atoms with Crippen LogP contribution in [0.5, 0.6) is 0 Å². The molecule has 90 valence electrons. The molecule has 3 N–H and O–H groups in total. The number of thiazole rings is 1. The minimum Gasteiger partial charge on any atom is -0.399 e. The third-order valence-corrected chi connectivity index (χ3v) is 3.83. The highest BCUT2D eigenvalue weighted by atomic mass is 32.1. The molecule has 1 aromatic heterocycles. The Morgan fingerprint density at radius 3 is 2.76 bits per heavy atom. The van der Waals surface area contributed by atoms with Gasteiger partial charge in [-0.3, -0.25) is 0 Å². The van der Waals surface area contributed by atoms with Gasteiger partial charge in [0.15, 0.2) is 0 Å². The Labute approximate surface area is 105 Å². The molecule has 1 heterocycles. The van der Waals surface area contributed by atoms with Crippen molar-refractivity contribution in [2.75, 3.05) is 5.73 Å². The summed E-state index contributed by atoms with van der Waals surface area (Å²) in [6.07, 6.45) is 0.00597. The van der Waals surface area contributed by atoms with Gasteiger partial charge < -0.3 is 10.8 Å². The Morgan fingerprint density at radius 1 is 1.41 bits per heavy atom. The SMILES string of the molecule is Cc1nc(CC(O)c2cccc(N)c2)sc1C. The average molecular weight is 248 g/mol. The molecule has 17 heavy (non-hydrogen) atoms. The van der Waals surface area contributed by atoms with Gasteiger partial charge in [-0.05, 0) is 31.5 Å². The van der Waals surface area contributed by atoms with E-state index in [1.807, 2.05) is 32.0 Å². The second kappa shape index (κ2) is 4.85. The minimum absolute atomic E-state index is 0.538. The normalized spacial score (nSPS) is 12.6. The first-order chi connectivity index (χ1) is 8.06. The maximum Gasteiger partial charge on any atom is 0.0960 e. The van der Waals surface area contributed by atoms with Crippen molar-refractivity contribution in [2.24, 2.45) is 0 Å². The van der Waals surface area contributed by atoms with Crippen molar-refractivity contribution < 1.29 is 5.11 Å². The molecule has 1 aromatic carbocycles. The molecular formula is C13H16N2OS. The van der Waals surface area contributed by atoms with Crippen LogP contribution in [0.1, 0.15) is 27.2 Å². The second-order valence-corrected chi connectivity index (χ2v) is 5.43. The van der Waals surface area contributed by atoms with Crippen molar-refractivity contribution in [2.45, 2.75) is 26.4 Å². The van der Waals surface area contributed by atoms with Gasteiger partial charge in [-0.2, -0.15) is 0 Å². The molecule has 0 saturated carbocycles. The number of aliphatic hydroxyl groups is 1. The molecule has 0 aliphatic carbocycles. The fourth-order valence-corrected chi connectivity index (χ4v) is 2.65. The Kier molecular flexibility index (Phi) is 3.45. The Morgan fingerprint density at radius 2 is 2.18 bits per heavy atom. The Hall–Kier alpha value is -1.39. The summed E-state index contributed by atoms with van der Waals surface area (Å²) < 4.78 is 0. The number of anilines is 1. The topological polar surface area (TPSA) is 59.1 Å². The number of hydrogen-bond acceptors (Lipinski definition) is 4. The number of nitrogens with zero attached hydrogens (tertiary/aromatic N) is 1. The molecule has 0 spiro atoms. The summed E-state index contributed by atoms with van der Waals surface area (Å²) >= 11 is 1.64. The lowest BCUT2D eigenvalue weighted by Gasteiger charge is -2.09. The van der Waals surface area contributed by atoms with Crippen molar-refractivity contribution in [3.63, 3.8) is 0 Å². The van der Waals surface area contributed by atoms with Crippen LogP contribution in [-0.2, 0) is 6.42 Å². The molecule has 1 unspecified atom stereocenters. The number of nitrogen functional groups attached to an aromatic ring is 1. The molecule has 0 aliphatic heterocycles. The monoisotopic (exact) mass is 248 g/mol. The van der Waals surface area contributed by atoms with E-state index < -0.39 is 6.10 Å². The van der Waals surface area contributed by atoms with E-state index in [0.29, 0.717) is 12.1 Å². The summed E-state index contributed by atoms with van der Waals surface area (Å²) in [6, 6.07) is 7.35. The predicted molar refractivity (Wildman–Crippen MR) is 71.1 cm³/mol. The first-order valence-corrected chi connectivity index (χ1v) is 6.34. The number of aliphatic hydroxyl groups excluding tert-OH is 1. The third kappa shape index (κ3) is 2.84. The van der Waals surface area contributed by atoms with Gasteiger partial charge in [0, 0.05) is 17.0 Å². The fraction of sp³-hybridized carbons (Fsp3) is 0.308. The van der Waals surface area contributed by atoms with Crippen molar-refractivity contribution >= 4 is 17.0 Å². The zero-order valence-corrected chi connectivity index (χ0v) is 10.8. The number of benzene rings is 1. The summed E-state index contributed by atoms with van der Waals surface area (Å²) in [6.45, 7) is 4.03. The van der Waals surface area contributed by atoms with Crippen molar-refractivity contribution in [1.82, 2.24) is 4.98 Å². The van der Waals surface area contributed by atoms with Gasteiger partial charge in [0.1, 0.15) is 0 Å². The fourth-order valence-electron chi connectivity index (χ4n) is 1.68. The van der Waals surface area contributed by atoms with E-state index in [4.69, 9.17) is 5.73 Å². The average Bonchev–Trinajstić information content (AvgIpc) is 2.58. The van der Waals surface area contributed by atoms with E-state index in [0.717, 1.165) is 16.3 Å². The number of nitrogens with two attached hydrogens (primary N) is 1. The van der Waals surface area contributed by atoms with Gasteiger partial charge in [0.25, 0.3) is 0 Å². The maximum atomic E-state index is 10.1. The van der Waals surface area contributed by atoms with Crippen molar-refractivity contribution in [3.05, 3.63) is 45.4 Å². The highest BCUT2D eigenvalue weighted by Gasteiger charge is 2.12. The summed E-state index contributed by atoms with van der Waals surface area (Å²) in [5.41, 5.74) is 8.26. The molecule has 0 amide bonds. The van der Waals surface area contributed by atoms with E-state index in [2.05, 4.69) is 4.98 Å². The molecule has 0 bridgehead atoms. The highest BCUT2D eigenvalue weighted by molar-refractivity contribution is 7.11. The Balaban J connectivity index is 2.14. The molecule has 2 rings (SSSR count). The lowest BCUT2D eigenvalue weighted by molar-refractivity contribution is 0.178. The first kappa shape index (κ1) is 12.1. The van der Waals surface area contributed by atoms with Crippen LogP contribution in [0.15, 0.2) is 24.3 Å². The van der Waals surface area contributed by atoms with Crippen LogP contribution in [0.2, 0.25) is 0 Å². The number of rotatable bonds is 3. The number of aryl methyl sites for hydroxylation is 2. The molecular weight excluding hydrogens is 232 g/mol. The molecule has 0 radical (unpaired) electrons. The van der Waals surface area contributed by atoms with Crippen LogP contribution in [0.4, 0.5) is 5.69 Å². The summed E-state index contributed by atoms with van der Waals surface area (Å²) in [7, 11) is 0. The zero-order valence-electron chi connectivity index (χ0n) is 9.97. The second-order valence-electron chi connectivity index (χ2n) is 4.14. The van der Waals surface area contributed by atoms with Gasteiger partial charge >= 0.3 is 0 Å². The lowest BCUT2D eigenvalue weighted by atomic mass is 10.1. The molecule has 2 aromatic rings. The van der Waals surface area contributed by atoms with Crippen LogP contribution in [0.25, 0.3) is 0 Å². The first-order valence-electron chi connectivity index (χ1n) is 5.52. The summed E-state index contributed by atoms with van der Waals surface area (Å²) in [5.74, 6) is 0. The highest BCUT2D eigenvalue weighted by Crippen LogP contribution is 2.24. The molecule has 0 saturated heterocycles. The van der Waals surface area contributed by atoms with Crippen LogP contribution in [0, 0.1) is 13.8 Å². The van der Waals surface area contributed by atoms with Crippen LogP contribution < -0.4 is 5.73 Å². The molecule has 0 fully saturated rings. The van der Waals surface area contributed by atoms with Gasteiger partial charge in [0.2, 0.25) is 0 Å². The molecule has 1 atom stereocenters. The molecule has 0 aliphatic rings.